The summed E-state index contributed by atoms with van der Waals surface area (Å²) in [6.07, 6.45) is -0.106. The van der Waals surface area contributed by atoms with Crippen molar-refractivity contribution in [1.82, 2.24) is 0 Å². The molecule has 0 saturated carbocycles. The lowest BCUT2D eigenvalue weighted by Crippen LogP contribution is -2.44. The van der Waals surface area contributed by atoms with Crippen molar-refractivity contribution in [2.24, 2.45) is 0 Å². The Hall–Kier alpha value is -0.126. The lowest BCUT2D eigenvalue weighted by molar-refractivity contribution is 0.0873. The zero-order chi connectivity index (χ0) is 16.5. The van der Waals surface area contributed by atoms with E-state index in [4.69, 9.17) is 9.16 Å². The second-order valence-corrected chi connectivity index (χ2v) is 18.1. The molecule has 1 aliphatic heterocycles. The van der Waals surface area contributed by atoms with Crippen molar-refractivity contribution in [2.75, 3.05) is 6.61 Å². The van der Waals surface area contributed by atoms with Gasteiger partial charge in [0.1, 0.15) is 20.3 Å². The maximum atomic E-state index is 10.1. The van der Waals surface area contributed by atoms with Crippen LogP contribution in [-0.2, 0) is 9.16 Å². The van der Waals surface area contributed by atoms with E-state index in [1.165, 1.54) is 0 Å². The highest BCUT2D eigenvalue weighted by Crippen LogP contribution is 2.38. The first-order valence-electron chi connectivity index (χ1n) is 7.82. The Morgan fingerprint density at radius 1 is 1.24 bits per heavy atom. The first-order valence-corrected chi connectivity index (χ1v) is 14.2. The van der Waals surface area contributed by atoms with Crippen molar-refractivity contribution < 1.29 is 14.3 Å². The molecule has 0 aromatic heterocycles. The average Bonchev–Trinajstić information content (AvgIpc) is 3.06. The fraction of sp³-hybridized carbons (Fsp3) is 0.875. The van der Waals surface area contributed by atoms with Gasteiger partial charge in [0, 0.05) is 6.42 Å². The van der Waals surface area contributed by atoms with Gasteiger partial charge >= 0.3 is 0 Å². The van der Waals surface area contributed by atoms with Crippen LogP contribution in [0.1, 0.15) is 27.2 Å². The maximum Gasteiger partial charge on any atom is 0.193 e. The molecule has 0 amide bonds. The van der Waals surface area contributed by atoms with Crippen molar-refractivity contribution in [1.29, 1.82) is 0 Å². The SMILES string of the molecule is CC(C)(C)[Si](C)(C)O[C@@H](C#C[Si](C)(C)C)C[C@H](O)C1CO1. The van der Waals surface area contributed by atoms with E-state index in [-0.39, 0.29) is 17.2 Å². The zero-order valence-corrected chi connectivity index (χ0v) is 16.9. The predicted octanol–water partition coefficient (Wildman–Crippen LogP) is 3.41. The Morgan fingerprint density at radius 3 is 2.14 bits per heavy atom. The number of rotatable bonds is 5. The van der Waals surface area contributed by atoms with Crippen LogP contribution in [0.25, 0.3) is 0 Å². The molecule has 1 unspecified atom stereocenters. The van der Waals surface area contributed by atoms with E-state index in [9.17, 15) is 5.11 Å². The standard InChI is InChI=1S/C16H32O3Si2/c1-16(2,3)21(7,8)19-13(9-10-20(4,5)6)11-14(17)15-12-18-15/h13-15,17H,11-12H2,1-8H3/t13-,14-,15?/m0/s1. The molecule has 1 heterocycles. The summed E-state index contributed by atoms with van der Waals surface area (Å²) in [6.45, 7) is 18.5. The normalized spacial score (nSPS) is 22.2. The monoisotopic (exact) mass is 328 g/mol. The minimum atomic E-state index is -1.88. The maximum absolute atomic E-state index is 10.1. The summed E-state index contributed by atoms with van der Waals surface area (Å²) >= 11 is 0. The van der Waals surface area contributed by atoms with Crippen LogP contribution >= 0.6 is 0 Å². The summed E-state index contributed by atoms with van der Waals surface area (Å²) in [4.78, 5) is 0. The summed E-state index contributed by atoms with van der Waals surface area (Å²) in [5, 5.41) is 10.3. The molecule has 3 nitrogen and oxygen atoms in total. The first-order chi connectivity index (χ1) is 9.32. The van der Waals surface area contributed by atoms with Gasteiger partial charge in [-0.25, -0.2) is 0 Å². The number of aliphatic hydroxyl groups excluding tert-OH is 1. The van der Waals surface area contributed by atoms with Gasteiger partial charge in [0.05, 0.1) is 12.7 Å². The molecule has 1 rings (SSSR count). The molecule has 5 heteroatoms. The largest absolute Gasteiger partial charge is 0.403 e. The molecule has 1 saturated heterocycles. The zero-order valence-electron chi connectivity index (χ0n) is 14.9. The number of epoxide rings is 1. The van der Waals surface area contributed by atoms with E-state index in [2.05, 4.69) is 65.0 Å². The Morgan fingerprint density at radius 2 is 1.76 bits per heavy atom. The average molecular weight is 329 g/mol. The van der Waals surface area contributed by atoms with Gasteiger partial charge in [-0.2, -0.15) is 0 Å². The van der Waals surface area contributed by atoms with Gasteiger partial charge in [0.2, 0.25) is 0 Å². The van der Waals surface area contributed by atoms with Crippen LogP contribution in [0.5, 0.6) is 0 Å². The third-order valence-corrected chi connectivity index (χ3v) is 9.48. The molecule has 0 radical (unpaired) electrons. The number of hydrogen-bond donors (Lipinski definition) is 1. The summed E-state index contributed by atoms with van der Waals surface area (Å²) < 4.78 is 11.6. The van der Waals surface area contributed by atoms with Crippen LogP contribution in [0, 0.1) is 11.5 Å². The Balaban J connectivity index is 2.82. The number of ether oxygens (including phenoxy) is 1. The molecule has 1 aliphatic rings. The number of hydrogen-bond acceptors (Lipinski definition) is 3. The molecule has 1 N–H and O–H groups in total. The molecule has 0 aliphatic carbocycles. The summed E-state index contributed by atoms with van der Waals surface area (Å²) in [5.41, 5.74) is 3.39. The highest BCUT2D eigenvalue weighted by Gasteiger charge is 2.40. The van der Waals surface area contributed by atoms with Gasteiger partial charge < -0.3 is 14.3 Å². The quantitative estimate of drug-likeness (QED) is 0.478. The highest BCUT2D eigenvalue weighted by molar-refractivity contribution is 6.83. The molecule has 0 aromatic carbocycles. The summed E-state index contributed by atoms with van der Waals surface area (Å²) in [6, 6.07) is 0. The molecular formula is C16H32O3Si2. The molecule has 0 spiro atoms. The number of aliphatic hydroxyl groups is 1. The Kier molecular flexibility index (Phi) is 5.90. The van der Waals surface area contributed by atoms with Crippen molar-refractivity contribution >= 4 is 16.4 Å². The van der Waals surface area contributed by atoms with Crippen molar-refractivity contribution in [2.45, 2.75) is 83.3 Å². The Bertz CT molecular complexity index is 406. The fourth-order valence-corrected chi connectivity index (χ4v) is 3.43. The molecular weight excluding hydrogens is 296 g/mol. The van der Waals surface area contributed by atoms with Gasteiger partial charge in [-0.1, -0.05) is 46.3 Å². The van der Waals surface area contributed by atoms with Gasteiger partial charge in [0.25, 0.3) is 0 Å². The minimum absolute atomic E-state index is 0.0100. The first kappa shape index (κ1) is 18.9. The fourth-order valence-electron chi connectivity index (χ4n) is 1.61. The highest BCUT2D eigenvalue weighted by atomic mass is 28.4. The molecule has 122 valence electrons. The second-order valence-electron chi connectivity index (χ2n) is 8.56. The molecule has 3 atom stereocenters. The summed E-state index contributed by atoms with van der Waals surface area (Å²) in [7, 11) is -3.33. The van der Waals surface area contributed by atoms with Gasteiger partial charge in [-0.15, -0.1) is 5.54 Å². The summed E-state index contributed by atoms with van der Waals surface area (Å²) in [5.74, 6) is 3.31. The van der Waals surface area contributed by atoms with Crippen LogP contribution in [0.4, 0.5) is 0 Å². The third-order valence-electron chi connectivity index (χ3n) is 4.10. The third kappa shape index (κ3) is 6.66. The molecule has 21 heavy (non-hydrogen) atoms. The van der Waals surface area contributed by atoms with E-state index in [0.717, 1.165) is 0 Å². The van der Waals surface area contributed by atoms with E-state index in [1.807, 2.05) is 0 Å². The minimum Gasteiger partial charge on any atom is -0.403 e. The van der Waals surface area contributed by atoms with Gasteiger partial charge in [-0.3, -0.25) is 0 Å². The van der Waals surface area contributed by atoms with Crippen LogP contribution in [0.15, 0.2) is 0 Å². The molecule has 0 aromatic rings. The van der Waals surface area contributed by atoms with E-state index in [1.54, 1.807) is 0 Å². The van der Waals surface area contributed by atoms with Crippen molar-refractivity contribution in [3.63, 3.8) is 0 Å². The Labute approximate surface area is 132 Å². The smallest absolute Gasteiger partial charge is 0.193 e. The van der Waals surface area contributed by atoms with Crippen LogP contribution in [0.3, 0.4) is 0 Å². The van der Waals surface area contributed by atoms with Crippen LogP contribution in [0.2, 0.25) is 37.8 Å². The predicted molar refractivity (Wildman–Crippen MR) is 93.6 cm³/mol. The van der Waals surface area contributed by atoms with Crippen LogP contribution in [-0.4, -0.2) is 46.4 Å². The van der Waals surface area contributed by atoms with Crippen molar-refractivity contribution in [3.05, 3.63) is 0 Å². The molecule has 1 fully saturated rings. The van der Waals surface area contributed by atoms with Crippen molar-refractivity contribution in [3.8, 4) is 11.5 Å². The van der Waals surface area contributed by atoms with E-state index < -0.39 is 22.5 Å². The van der Waals surface area contributed by atoms with E-state index in [0.29, 0.717) is 13.0 Å². The van der Waals surface area contributed by atoms with E-state index >= 15 is 0 Å². The topological polar surface area (TPSA) is 42.0 Å². The van der Waals surface area contributed by atoms with Gasteiger partial charge in [-0.05, 0) is 18.1 Å². The lowest BCUT2D eigenvalue weighted by Gasteiger charge is -2.38. The molecule has 0 bridgehead atoms. The van der Waals surface area contributed by atoms with Crippen LogP contribution < -0.4 is 0 Å². The second kappa shape index (κ2) is 6.55. The lowest BCUT2D eigenvalue weighted by atomic mass is 10.1. The van der Waals surface area contributed by atoms with Gasteiger partial charge in [0.15, 0.2) is 8.32 Å².